The molecule has 2 aromatic rings. The number of aryl methyl sites for hydroxylation is 2. The van der Waals surface area contributed by atoms with Gasteiger partial charge in [-0.2, -0.15) is 0 Å². The number of unbranched alkanes of at least 4 members (excludes halogenated alkanes) is 5. The van der Waals surface area contributed by atoms with Crippen molar-refractivity contribution in [1.29, 1.82) is 0 Å². The van der Waals surface area contributed by atoms with Gasteiger partial charge in [0.1, 0.15) is 5.75 Å². The molecule has 0 saturated carbocycles. The maximum atomic E-state index is 10.3. The van der Waals surface area contributed by atoms with Gasteiger partial charge in [-0.1, -0.05) is 75.4 Å². The van der Waals surface area contributed by atoms with Crippen LogP contribution < -0.4 is 0 Å². The molecule has 2 rings (SSSR count). The largest absolute Gasteiger partial charge is 0.507 e. The van der Waals surface area contributed by atoms with Gasteiger partial charge in [-0.15, -0.1) is 0 Å². The van der Waals surface area contributed by atoms with Gasteiger partial charge in [-0.25, -0.2) is 0 Å². The molecule has 0 aliphatic carbocycles. The minimum Gasteiger partial charge on any atom is -0.507 e. The van der Waals surface area contributed by atoms with Crippen molar-refractivity contribution < 1.29 is 5.11 Å². The summed E-state index contributed by atoms with van der Waals surface area (Å²) in [6.45, 7) is 4.25. The summed E-state index contributed by atoms with van der Waals surface area (Å²) in [7, 11) is 0. The fourth-order valence-electron chi connectivity index (χ4n) is 2.95. The SMILES string of the molecule is CCCCCCCCc1cc(C)c(O)c(-c2ccccc2)c1. The van der Waals surface area contributed by atoms with Crippen molar-refractivity contribution in [3.8, 4) is 16.9 Å². The molecule has 0 aromatic heterocycles. The first-order valence-electron chi connectivity index (χ1n) is 8.60. The lowest BCUT2D eigenvalue weighted by atomic mass is 9.96. The Morgan fingerprint density at radius 3 is 2.27 bits per heavy atom. The molecule has 0 bridgehead atoms. The lowest BCUT2D eigenvalue weighted by Crippen LogP contribution is -1.91. The average Bonchev–Trinajstić information content (AvgIpc) is 2.54. The van der Waals surface area contributed by atoms with Gasteiger partial charge in [0.2, 0.25) is 0 Å². The second-order valence-electron chi connectivity index (χ2n) is 6.19. The average molecular weight is 296 g/mol. The first kappa shape index (κ1) is 16.6. The van der Waals surface area contributed by atoms with E-state index >= 15 is 0 Å². The summed E-state index contributed by atoms with van der Waals surface area (Å²) in [6, 6.07) is 14.5. The van der Waals surface area contributed by atoms with Gasteiger partial charge in [0, 0.05) is 5.56 Å². The van der Waals surface area contributed by atoms with Crippen LogP contribution in [-0.2, 0) is 6.42 Å². The number of rotatable bonds is 8. The Labute approximate surface area is 135 Å². The van der Waals surface area contributed by atoms with Gasteiger partial charge in [-0.05, 0) is 42.5 Å². The summed E-state index contributed by atoms with van der Waals surface area (Å²) in [5, 5.41) is 10.3. The minimum atomic E-state index is 0.415. The third-order valence-corrected chi connectivity index (χ3v) is 4.26. The third kappa shape index (κ3) is 4.62. The van der Waals surface area contributed by atoms with Gasteiger partial charge in [0.05, 0.1) is 0 Å². The van der Waals surface area contributed by atoms with Crippen molar-refractivity contribution in [1.82, 2.24) is 0 Å². The molecule has 0 amide bonds. The van der Waals surface area contributed by atoms with Crippen LogP contribution in [0, 0.1) is 6.92 Å². The second-order valence-corrected chi connectivity index (χ2v) is 6.19. The van der Waals surface area contributed by atoms with Crippen molar-refractivity contribution >= 4 is 0 Å². The summed E-state index contributed by atoms with van der Waals surface area (Å²) in [5.74, 6) is 0.415. The van der Waals surface area contributed by atoms with E-state index in [1.165, 1.54) is 44.1 Å². The van der Waals surface area contributed by atoms with Crippen LogP contribution in [0.2, 0.25) is 0 Å². The Morgan fingerprint density at radius 2 is 1.55 bits per heavy atom. The first-order valence-corrected chi connectivity index (χ1v) is 8.60. The van der Waals surface area contributed by atoms with E-state index in [0.717, 1.165) is 23.1 Å². The molecule has 1 N–H and O–H groups in total. The monoisotopic (exact) mass is 296 g/mol. The van der Waals surface area contributed by atoms with Crippen LogP contribution in [0.25, 0.3) is 11.1 Å². The zero-order chi connectivity index (χ0) is 15.8. The number of hydrogen-bond acceptors (Lipinski definition) is 1. The van der Waals surface area contributed by atoms with E-state index in [2.05, 4.69) is 31.2 Å². The molecule has 0 unspecified atom stereocenters. The van der Waals surface area contributed by atoms with Crippen molar-refractivity contribution in [2.24, 2.45) is 0 Å². The standard InChI is InChI=1S/C21H28O/c1-3-4-5-6-7-9-12-18-15-17(2)21(22)20(16-18)19-13-10-8-11-14-19/h8,10-11,13-16,22H,3-7,9,12H2,1-2H3. The fraction of sp³-hybridized carbons (Fsp3) is 0.429. The van der Waals surface area contributed by atoms with E-state index in [1.54, 1.807) is 0 Å². The van der Waals surface area contributed by atoms with Gasteiger partial charge in [0.25, 0.3) is 0 Å². The lowest BCUT2D eigenvalue weighted by molar-refractivity contribution is 0.473. The highest BCUT2D eigenvalue weighted by molar-refractivity contribution is 5.72. The molecule has 0 radical (unpaired) electrons. The van der Waals surface area contributed by atoms with E-state index in [0.29, 0.717) is 5.75 Å². The van der Waals surface area contributed by atoms with Gasteiger partial charge in [-0.3, -0.25) is 0 Å². The van der Waals surface area contributed by atoms with E-state index in [1.807, 2.05) is 25.1 Å². The van der Waals surface area contributed by atoms with Crippen molar-refractivity contribution in [3.63, 3.8) is 0 Å². The summed E-state index contributed by atoms with van der Waals surface area (Å²) < 4.78 is 0. The van der Waals surface area contributed by atoms with Crippen LogP contribution >= 0.6 is 0 Å². The van der Waals surface area contributed by atoms with E-state index in [-0.39, 0.29) is 0 Å². The van der Waals surface area contributed by atoms with Crippen molar-refractivity contribution in [2.75, 3.05) is 0 Å². The third-order valence-electron chi connectivity index (χ3n) is 4.26. The zero-order valence-corrected chi connectivity index (χ0v) is 13.9. The molecular formula is C21H28O. The Kier molecular flexibility index (Phi) is 6.51. The Hall–Kier alpha value is -1.76. The number of hydrogen-bond donors (Lipinski definition) is 1. The summed E-state index contributed by atoms with van der Waals surface area (Å²) in [4.78, 5) is 0. The molecule has 22 heavy (non-hydrogen) atoms. The molecule has 0 fully saturated rings. The highest BCUT2D eigenvalue weighted by Crippen LogP contribution is 2.33. The second kappa shape index (κ2) is 8.63. The molecule has 2 aromatic carbocycles. The molecule has 1 nitrogen and oxygen atoms in total. The van der Waals surface area contributed by atoms with Crippen LogP contribution in [0.15, 0.2) is 42.5 Å². The van der Waals surface area contributed by atoms with Crippen molar-refractivity contribution in [3.05, 3.63) is 53.6 Å². The number of benzene rings is 2. The quantitative estimate of drug-likeness (QED) is 0.569. The molecule has 0 atom stereocenters. The molecular weight excluding hydrogens is 268 g/mol. The smallest absolute Gasteiger partial charge is 0.126 e. The van der Waals surface area contributed by atoms with E-state index in [9.17, 15) is 5.11 Å². The number of phenolic OH excluding ortho intramolecular Hbond substituents is 1. The van der Waals surface area contributed by atoms with E-state index < -0.39 is 0 Å². The Morgan fingerprint density at radius 1 is 0.864 bits per heavy atom. The van der Waals surface area contributed by atoms with Crippen LogP contribution in [0.4, 0.5) is 0 Å². The highest BCUT2D eigenvalue weighted by atomic mass is 16.3. The van der Waals surface area contributed by atoms with Gasteiger partial charge >= 0.3 is 0 Å². The van der Waals surface area contributed by atoms with Crippen LogP contribution in [-0.4, -0.2) is 5.11 Å². The molecule has 118 valence electrons. The highest BCUT2D eigenvalue weighted by Gasteiger charge is 2.09. The molecule has 0 aliphatic rings. The summed E-state index contributed by atoms with van der Waals surface area (Å²) in [6.07, 6.45) is 9.01. The first-order chi connectivity index (χ1) is 10.7. The molecule has 0 aliphatic heterocycles. The van der Waals surface area contributed by atoms with Crippen LogP contribution in [0.3, 0.4) is 0 Å². The summed E-state index contributed by atoms with van der Waals surface area (Å²) >= 11 is 0. The van der Waals surface area contributed by atoms with Crippen LogP contribution in [0.1, 0.15) is 56.6 Å². The molecule has 1 heteroatoms. The molecule has 0 heterocycles. The zero-order valence-electron chi connectivity index (χ0n) is 13.9. The molecule has 0 spiro atoms. The maximum Gasteiger partial charge on any atom is 0.126 e. The predicted molar refractivity (Wildman–Crippen MR) is 95.4 cm³/mol. The Bertz CT molecular complexity index is 572. The lowest BCUT2D eigenvalue weighted by Gasteiger charge is -2.11. The minimum absolute atomic E-state index is 0.415. The fourth-order valence-corrected chi connectivity index (χ4v) is 2.95. The summed E-state index contributed by atoms with van der Waals surface area (Å²) in [5.41, 5.74) is 4.36. The Balaban J connectivity index is 2.02. The van der Waals surface area contributed by atoms with Crippen LogP contribution in [0.5, 0.6) is 5.75 Å². The van der Waals surface area contributed by atoms with Crippen molar-refractivity contribution in [2.45, 2.75) is 58.8 Å². The normalized spacial score (nSPS) is 10.8. The van der Waals surface area contributed by atoms with Gasteiger partial charge < -0.3 is 5.11 Å². The number of phenols is 1. The maximum absolute atomic E-state index is 10.3. The molecule has 0 saturated heterocycles. The topological polar surface area (TPSA) is 20.2 Å². The number of aromatic hydroxyl groups is 1. The van der Waals surface area contributed by atoms with Gasteiger partial charge in [0.15, 0.2) is 0 Å². The van der Waals surface area contributed by atoms with E-state index in [4.69, 9.17) is 0 Å². The predicted octanol–water partition coefficient (Wildman–Crippen LogP) is 6.27.